The van der Waals surface area contributed by atoms with Crippen LogP contribution in [0.5, 0.6) is 0 Å². The van der Waals surface area contributed by atoms with E-state index in [1.54, 1.807) is 25.3 Å². The molecule has 1 rings (SSSR count). The van der Waals surface area contributed by atoms with Gasteiger partial charge in [-0.25, -0.2) is 4.79 Å². The number of esters is 1. The van der Waals surface area contributed by atoms with E-state index in [1.807, 2.05) is 24.3 Å². The van der Waals surface area contributed by atoms with Crippen LogP contribution in [0, 0.1) is 0 Å². The first-order chi connectivity index (χ1) is 12.9. The van der Waals surface area contributed by atoms with E-state index in [4.69, 9.17) is 20.8 Å². The lowest BCUT2D eigenvalue weighted by Crippen LogP contribution is -2.40. The Kier molecular flexibility index (Phi) is 9.12. The number of halogens is 1. The van der Waals surface area contributed by atoms with E-state index in [0.717, 1.165) is 12.0 Å². The summed E-state index contributed by atoms with van der Waals surface area (Å²) in [5.74, 6) is -0.361. The summed E-state index contributed by atoms with van der Waals surface area (Å²) >= 11 is 5.90. The maximum absolute atomic E-state index is 12.3. The average Bonchev–Trinajstić information content (AvgIpc) is 2.62. The molecule has 1 aromatic rings. The number of hydrogen-bond acceptors (Lipinski definition) is 4. The minimum Gasteiger partial charge on any atom is -0.467 e. The predicted octanol–water partition coefficient (Wildman–Crippen LogP) is 6.05. The fraction of sp³-hybridized carbons (Fsp3) is 0.545. The molecule has 0 spiro atoms. The van der Waals surface area contributed by atoms with Gasteiger partial charge in [0.1, 0.15) is 0 Å². The number of carbonyl (C=O) groups is 1. The summed E-state index contributed by atoms with van der Waals surface area (Å²) in [5.41, 5.74) is -0.0863. The number of methoxy groups -OCH3 is 1. The van der Waals surface area contributed by atoms with Gasteiger partial charge in [-0.05, 0) is 49.2 Å². The van der Waals surface area contributed by atoms with E-state index < -0.39 is 13.9 Å². The lowest BCUT2D eigenvalue weighted by molar-refractivity contribution is -0.146. The van der Waals surface area contributed by atoms with Gasteiger partial charge in [-0.2, -0.15) is 0 Å². The highest BCUT2D eigenvalue weighted by Gasteiger charge is 2.36. The summed E-state index contributed by atoms with van der Waals surface area (Å²) in [5, 5.41) is 0.868. The largest absolute Gasteiger partial charge is 0.467 e. The molecule has 6 heteroatoms. The number of carbonyl (C=O) groups excluding carboxylic acids is 1. The van der Waals surface area contributed by atoms with E-state index in [1.165, 1.54) is 7.11 Å². The van der Waals surface area contributed by atoms with Gasteiger partial charge >= 0.3 is 5.97 Å². The topological polar surface area (TPSA) is 47.9 Å². The summed E-state index contributed by atoms with van der Waals surface area (Å²) in [6.45, 7) is 13.7. The molecule has 0 aliphatic rings. The van der Waals surface area contributed by atoms with Gasteiger partial charge in [0.2, 0.25) is 0 Å². The number of benzene rings is 1. The minimum atomic E-state index is -1.72. The van der Waals surface area contributed by atoms with Gasteiger partial charge in [-0.3, -0.25) is 4.99 Å². The Morgan fingerprint density at radius 1 is 1.14 bits per heavy atom. The lowest BCUT2D eigenvalue weighted by atomic mass is 9.98. The zero-order valence-corrected chi connectivity index (χ0v) is 20.0. The first-order valence-electron chi connectivity index (χ1n) is 9.59. The fourth-order valence-electron chi connectivity index (χ4n) is 2.20. The maximum Gasteiger partial charge on any atom is 0.333 e. The Bertz CT molecular complexity index is 693. The molecule has 0 saturated heterocycles. The first kappa shape index (κ1) is 24.6. The normalized spacial score (nSPS) is 15.1. The van der Waals surface area contributed by atoms with Crippen LogP contribution in [0.1, 0.15) is 46.1 Å². The Morgan fingerprint density at radius 3 is 2.29 bits per heavy atom. The van der Waals surface area contributed by atoms with Crippen LogP contribution in [0.4, 0.5) is 0 Å². The Hall–Kier alpha value is -1.43. The van der Waals surface area contributed by atoms with Crippen LogP contribution in [0.15, 0.2) is 41.4 Å². The highest BCUT2D eigenvalue weighted by Crippen LogP contribution is 2.36. The molecular formula is C22H34ClNO3Si. The highest BCUT2D eigenvalue weighted by atomic mass is 35.5. The van der Waals surface area contributed by atoms with Crippen molar-refractivity contribution in [1.82, 2.24) is 0 Å². The van der Waals surface area contributed by atoms with Gasteiger partial charge < -0.3 is 9.16 Å². The van der Waals surface area contributed by atoms with Crippen molar-refractivity contribution in [3.05, 3.63) is 47.0 Å². The monoisotopic (exact) mass is 423 g/mol. The summed E-state index contributed by atoms with van der Waals surface area (Å²) < 4.78 is 11.1. The molecular weight excluding hydrogens is 390 g/mol. The number of rotatable bonds is 9. The molecule has 0 fully saturated rings. The summed E-state index contributed by atoms with van der Waals surface area (Å²) in [6.07, 6.45) is 6.98. The van der Waals surface area contributed by atoms with Crippen molar-refractivity contribution in [2.24, 2.45) is 4.99 Å². The molecule has 0 aromatic heterocycles. The first-order valence-corrected chi connectivity index (χ1v) is 12.9. The fourth-order valence-corrected chi connectivity index (χ4v) is 3.39. The highest BCUT2D eigenvalue weighted by molar-refractivity contribution is 6.74. The molecule has 0 saturated carbocycles. The number of ether oxygens (including phenoxy) is 1. The van der Waals surface area contributed by atoms with E-state index in [-0.39, 0.29) is 11.0 Å². The van der Waals surface area contributed by atoms with Gasteiger partial charge in [-0.15, -0.1) is 0 Å². The van der Waals surface area contributed by atoms with Crippen molar-refractivity contribution in [3.8, 4) is 0 Å². The van der Waals surface area contributed by atoms with Crippen LogP contribution in [0.25, 0.3) is 0 Å². The number of nitrogens with zero attached hydrogens (tertiary/aromatic N) is 1. The van der Waals surface area contributed by atoms with Crippen LogP contribution in [0.2, 0.25) is 23.2 Å². The third kappa shape index (κ3) is 7.53. The lowest BCUT2D eigenvalue weighted by Gasteiger charge is -2.36. The van der Waals surface area contributed by atoms with E-state index >= 15 is 0 Å². The van der Waals surface area contributed by atoms with E-state index in [0.29, 0.717) is 18.1 Å². The van der Waals surface area contributed by atoms with Crippen molar-refractivity contribution < 1.29 is 14.0 Å². The summed E-state index contributed by atoms with van der Waals surface area (Å²) in [7, 11) is -0.336. The SMILES string of the molecule is COC(=O)C(C)(CC=CCCO[Si](C)(C)C(C)(C)C)/N=C/c1ccc(Cl)cc1. The molecule has 0 bridgehead atoms. The van der Waals surface area contributed by atoms with Gasteiger partial charge in [0, 0.05) is 24.3 Å². The quantitative estimate of drug-likeness (QED) is 0.160. The van der Waals surface area contributed by atoms with Crippen LogP contribution in [0.3, 0.4) is 0 Å². The van der Waals surface area contributed by atoms with Crippen molar-refractivity contribution in [2.45, 2.75) is 64.2 Å². The molecule has 0 radical (unpaired) electrons. The van der Waals surface area contributed by atoms with Crippen LogP contribution >= 0.6 is 11.6 Å². The van der Waals surface area contributed by atoms with Gasteiger partial charge in [-0.1, -0.05) is 56.7 Å². The van der Waals surface area contributed by atoms with E-state index in [9.17, 15) is 4.79 Å². The zero-order valence-electron chi connectivity index (χ0n) is 18.2. The summed E-state index contributed by atoms with van der Waals surface area (Å²) in [4.78, 5) is 16.8. The minimum absolute atomic E-state index is 0.205. The second-order valence-corrected chi connectivity index (χ2v) is 13.9. The molecule has 0 aliphatic heterocycles. The molecule has 1 unspecified atom stereocenters. The Labute approximate surface area is 176 Å². The molecule has 28 heavy (non-hydrogen) atoms. The maximum atomic E-state index is 12.3. The zero-order chi connectivity index (χ0) is 21.4. The summed E-state index contributed by atoms with van der Waals surface area (Å²) in [6, 6.07) is 7.30. The molecule has 4 nitrogen and oxygen atoms in total. The van der Waals surface area contributed by atoms with Gasteiger partial charge in [0.15, 0.2) is 13.9 Å². The molecule has 0 heterocycles. The van der Waals surface area contributed by atoms with Crippen LogP contribution in [-0.2, 0) is 14.0 Å². The van der Waals surface area contributed by atoms with E-state index in [2.05, 4.69) is 38.9 Å². The smallest absolute Gasteiger partial charge is 0.333 e. The second-order valence-electron chi connectivity index (χ2n) is 8.65. The molecule has 156 valence electrons. The Morgan fingerprint density at radius 2 is 1.75 bits per heavy atom. The standard InChI is InChI=1S/C22H34ClNO3Si/c1-21(2,3)28(6,7)27-16-10-8-9-15-22(4,20(25)26-5)24-17-18-11-13-19(23)14-12-18/h8-9,11-14,17H,10,15-16H2,1-7H3/b9-8?,24-17+. The Balaban J connectivity index is 2.67. The van der Waals surface area contributed by atoms with Crippen molar-refractivity contribution in [1.29, 1.82) is 0 Å². The third-order valence-corrected chi connectivity index (χ3v) is 10.0. The number of aliphatic imine (C=N–C) groups is 1. The molecule has 1 aromatic carbocycles. The second kappa shape index (κ2) is 10.4. The predicted molar refractivity (Wildman–Crippen MR) is 121 cm³/mol. The van der Waals surface area contributed by atoms with Gasteiger partial charge in [0.25, 0.3) is 0 Å². The number of hydrogen-bond donors (Lipinski definition) is 0. The molecule has 0 N–H and O–H groups in total. The van der Waals surface area contributed by atoms with Gasteiger partial charge in [0.05, 0.1) is 7.11 Å². The van der Waals surface area contributed by atoms with Crippen molar-refractivity contribution >= 4 is 32.1 Å². The van der Waals surface area contributed by atoms with Crippen molar-refractivity contribution in [2.75, 3.05) is 13.7 Å². The third-order valence-electron chi connectivity index (χ3n) is 5.23. The average molecular weight is 424 g/mol. The van der Waals surface area contributed by atoms with Crippen LogP contribution in [-0.4, -0.2) is 39.8 Å². The van der Waals surface area contributed by atoms with Crippen molar-refractivity contribution in [3.63, 3.8) is 0 Å². The molecule has 0 aliphatic carbocycles. The van der Waals surface area contributed by atoms with Crippen LogP contribution < -0.4 is 0 Å². The molecule has 0 amide bonds. The molecule has 1 atom stereocenters.